The molecule has 6 nitrogen and oxygen atoms in total. The molecule has 8 atom stereocenters. The molecule has 0 N–H and O–H groups in total. The molecule has 1 unspecified atom stereocenters. The van der Waals surface area contributed by atoms with Crippen molar-refractivity contribution in [2.45, 2.75) is 90.4 Å². The van der Waals surface area contributed by atoms with E-state index >= 15 is 0 Å². The monoisotopic (exact) mass is 430 g/mol. The van der Waals surface area contributed by atoms with E-state index in [0.717, 1.165) is 44.9 Å². The van der Waals surface area contributed by atoms with E-state index in [0.29, 0.717) is 17.8 Å². The average molecular weight is 431 g/mol. The molecule has 1 saturated heterocycles. The van der Waals surface area contributed by atoms with Gasteiger partial charge in [-0.15, -0.1) is 0 Å². The molecular formula is C25H34O6. The second-order valence-corrected chi connectivity index (χ2v) is 10.8. The molecule has 1 aliphatic heterocycles. The molecule has 0 aromatic carbocycles. The third-order valence-corrected chi connectivity index (χ3v) is 9.59. The van der Waals surface area contributed by atoms with Crippen molar-refractivity contribution in [3.05, 3.63) is 11.6 Å². The van der Waals surface area contributed by atoms with Gasteiger partial charge in [-0.2, -0.15) is 0 Å². The third-order valence-electron chi connectivity index (χ3n) is 9.59. The summed E-state index contributed by atoms with van der Waals surface area (Å²) in [5.74, 6) is 0.939. The van der Waals surface area contributed by atoms with E-state index in [9.17, 15) is 14.4 Å². The van der Waals surface area contributed by atoms with Crippen LogP contribution in [0.3, 0.4) is 0 Å². The first kappa shape index (κ1) is 21.2. The molecule has 4 fully saturated rings. The Morgan fingerprint density at radius 2 is 1.87 bits per heavy atom. The van der Waals surface area contributed by atoms with Gasteiger partial charge < -0.3 is 14.2 Å². The van der Waals surface area contributed by atoms with Crippen molar-refractivity contribution in [1.82, 2.24) is 0 Å². The van der Waals surface area contributed by atoms with E-state index in [2.05, 4.69) is 13.0 Å². The van der Waals surface area contributed by atoms with Crippen LogP contribution in [0.15, 0.2) is 11.6 Å². The molecule has 0 aromatic heterocycles. The lowest BCUT2D eigenvalue weighted by atomic mass is 9.46. The second-order valence-electron chi connectivity index (χ2n) is 10.8. The van der Waals surface area contributed by atoms with Crippen LogP contribution >= 0.6 is 0 Å². The zero-order valence-corrected chi connectivity index (χ0v) is 19.1. The normalized spacial score (nSPS) is 47.1. The zero-order valence-electron chi connectivity index (χ0n) is 19.1. The number of allylic oxidation sites excluding steroid dienone is 1. The molecule has 6 heteroatoms. The minimum Gasteiger partial charge on any atom is -0.465 e. The van der Waals surface area contributed by atoms with Gasteiger partial charge in [-0.3, -0.25) is 14.4 Å². The van der Waals surface area contributed by atoms with Crippen LogP contribution in [0.2, 0.25) is 0 Å². The average Bonchev–Trinajstić information content (AvgIpc) is 3.36. The highest BCUT2D eigenvalue weighted by atomic mass is 16.6. The number of ketones is 1. The third kappa shape index (κ3) is 2.82. The van der Waals surface area contributed by atoms with E-state index in [1.807, 2.05) is 0 Å². The minimum absolute atomic E-state index is 0.00599. The topological polar surface area (TPSA) is 82.2 Å². The summed E-state index contributed by atoms with van der Waals surface area (Å²) in [5.41, 5.74) is 0.409. The number of fused-ring (bicyclic) bond motifs is 7. The van der Waals surface area contributed by atoms with E-state index in [1.54, 1.807) is 6.92 Å². The van der Waals surface area contributed by atoms with Gasteiger partial charge in [0.05, 0.1) is 6.10 Å². The van der Waals surface area contributed by atoms with E-state index in [-0.39, 0.29) is 42.0 Å². The Kier molecular flexibility index (Phi) is 4.71. The largest absolute Gasteiger partial charge is 0.465 e. The van der Waals surface area contributed by atoms with Gasteiger partial charge in [0.15, 0.2) is 11.4 Å². The van der Waals surface area contributed by atoms with E-state index in [4.69, 9.17) is 14.2 Å². The van der Waals surface area contributed by atoms with Gasteiger partial charge in [0.1, 0.15) is 12.7 Å². The highest BCUT2D eigenvalue weighted by Gasteiger charge is 2.81. The highest BCUT2D eigenvalue weighted by molar-refractivity contribution is 5.90. The number of rotatable bonds is 4. The number of carbonyl (C=O) groups is 3. The molecule has 0 spiro atoms. The Bertz CT molecular complexity index is 862. The van der Waals surface area contributed by atoms with Gasteiger partial charge in [0, 0.05) is 25.7 Å². The van der Waals surface area contributed by atoms with Crippen molar-refractivity contribution in [2.24, 2.45) is 28.6 Å². The number of carbonyl (C=O) groups excluding carboxylic acids is 3. The van der Waals surface area contributed by atoms with Crippen molar-refractivity contribution in [3.8, 4) is 0 Å². The lowest BCUT2D eigenvalue weighted by Gasteiger charge is -2.58. The first-order valence-electron chi connectivity index (χ1n) is 11.8. The number of Topliss-reactive ketones (excluding diaryl/α,β-unsaturated/α-hetero) is 1. The highest BCUT2D eigenvalue weighted by Crippen LogP contribution is 2.73. The summed E-state index contributed by atoms with van der Waals surface area (Å²) in [5, 5.41) is 0. The molecule has 3 saturated carbocycles. The standard InChI is InChI=1S/C25H34O6/c1-14(26)25-22(31-25)12-21-19-6-5-17-11-18(30-16(3)28)7-9-23(17,4)20(19)8-10-24(21,25)13-29-15(2)27/h5,18-22H,6-13H2,1-4H3/t18-,19+,20-,21?,22+,23-,24+,25+/m0/s1. The Morgan fingerprint density at radius 3 is 2.55 bits per heavy atom. The number of hydrogen-bond acceptors (Lipinski definition) is 6. The van der Waals surface area contributed by atoms with Crippen molar-refractivity contribution in [2.75, 3.05) is 6.61 Å². The second kappa shape index (κ2) is 6.90. The minimum atomic E-state index is -0.754. The maximum absolute atomic E-state index is 12.8. The molecular weight excluding hydrogens is 396 g/mol. The summed E-state index contributed by atoms with van der Waals surface area (Å²) in [6, 6.07) is 0. The van der Waals surface area contributed by atoms with Crippen LogP contribution in [0.1, 0.15) is 72.6 Å². The van der Waals surface area contributed by atoms with Crippen LogP contribution in [0, 0.1) is 28.6 Å². The van der Waals surface area contributed by atoms with Crippen LogP contribution < -0.4 is 0 Å². The molecule has 4 aliphatic carbocycles. The molecule has 31 heavy (non-hydrogen) atoms. The fourth-order valence-corrected chi connectivity index (χ4v) is 8.29. The lowest BCUT2D eigenvalue weighted by Crippen LogP contribution is -2.57. The molecule has 5 aliphatic rings. The SMILES string of the molecule is CC(=O)OC[C@]12CC[C@H]3[C@@H](CC=C4C[C@@H](OC(C)=O)CC[C@@]43C)C1C[C@H]1O[C@]12C(C)=O. The Morgan fingerprint density at radius 1 is 1.10 bits per heavy atom. The first-order valence-corrected chi connectivity index (χ1v) is 11.8. The smallest absolute Gasteiger partial charge is 0.302 e. The quantitative estimate of drug-likeness (QED) is 0.384. The van der Waals surface area contributed by atoms with Gasteiger partial charge >= 0.3 is 11.9 Å². The molecule has 170 valence electrons. The van der Waals surface area contributed by atoms with Crippen molar-refractivity contribution in [1.29, 1.82) is 0 Å². The van der Waals surface area contributed by atoms with Crippen LogP contribution in [-0.2, 0) is 28.6 Å². The predicted molar refractivity (Wildman–Crippen MR) is 112 cm³/mol. The van der Waals surface area contributed by atoms with Gasteiger partial charge in [-0.25, -0.2) is 0 Å². The molecule has 1 heterocycles. The summed E-state index contributed by atoms with van der Waals surface area (Å²) in [4.78, 5) is 35.9. The maximum atomic E-state index is 12.8. The van der Waals surface area contributed by atoms with Gasteiger partial charge in [-0.05, 0) is 68.6 Å². The summed E-state index contributed by atoms with van der Waals surface area (Å²) in [7, 11) is 0. The van der Waals surface area contributed by atoms with E-state index in [1.165, 1.54) is 19.4 Å². The molecule has 0 bridgehead atoms. The number of hydrogen-bond donors (Lipinski definition) is 0. The van der Waals surface area contributed by atoms with Crippen LogP contribution in [-0.4, -0.2) is 42.1 Å². The van der Waals surface area contributed by atoms with Gasteiger partial charge in [-0.1, -0.05) is 18.6 Å². The molecule has 0 aromatic rings. The number of ether oxygens (including phenoxy) is 3. The zero-order chi connectivity index (χ0) is 22.2. The number of epoxide rings is 1. The van der Waals surface area contributed by atoms with Crippen molar-refractivity contribution < 1.29 is 28.6 Å². The van der Waals surface area contributed by atoms with Crippen LogP contribution in [0.25, 0.3) is 0 Å². The summed E-state index contributed by atoms with van der Waals surface area (Å²) in [6.07, 6.45) is 8.87. The fraction of sp³-hybridized carbons (Fsp3) is 0.800. The van der Waals surface area contributed by atoms with Crippen LogP contribution in [0.5, 0.6) is 0 Å². The molecule has 0 amide bonds. The van der Waals surface area contributed by atoms with Crippen molar-refractivity contribution in [3.63, 3.8) is 0 Å². The lowest BCUT2D eigenvalue weighted by molar-refractivity contribution is -0.164. The number of esters is 2. The Balaban J connectivity index is 1.45. The Hall–Kier alpha value is -1.69. The molecule has 5 rings (SSSR count). The van der Waals surface area contributed by atoms with Gasteiger partial charge in [0.2, 0.25) is 0 Å². The fourth-order valence-electron chi connectivity index (χ4n) is 8.29. The summed E-state index contributed by atoms with van der Waals surface area (Å²) >= 11 is 0. The van der Waals surface area contributed by atoms with Crippen molar-refractivity contribution >= 4 is 17.7 Å². The van der Waals surface area contributed by atoms with Crippen LogP contribution in [0.4, 0.5) is 0 Å². The maximum Gasteiger partial charge on any atom is 0.302 e. The Labute approximate surface area is 184 Å². The predicted octanol–water partition coefficient (Wildman–Crippen LogP) is 3.76. The molecule has 0 radical (unpaired) electrons. The first-order chi connectivity index (χ1) is 14.6. The van der Waals surface area contributed by atoms with Gasteiger partial charge in [0.25, 0.3) is 0 Å². The summed E-state index contributed by atoms with van der Waals surface area (Å²) < 4.78 is 17.2. The summed E-state index contributed by atoms with van der Waals surface area (Å²) in [6.45, 7) is 7.25. The van der Waals surface area contributed by atoms with E-state index < -0.39 is 11.0 Å².